The van der Waals surface area contributed by atoms with Gasteiger partial charge in [0.05, 0.1) is 13.7 Å². The maximum Gasteiger partial charge on any atom is 0.185 e. The van der Waals surface area contributed by atoms with E-state index in [0.29, 0.717) is 17.4 Å². The fraction of sp³-hybridized carbons (Fsp3) is 0.148. The number of methoxy groups -OCH3 is 1. The fourth-order valence-corrected chi connectivity index (χ4v) is 3.56. The molecule has 4 aromatic rings. The van der Waals surface area contributed by atoms with E-state index in [1.807, 2.05) is 12.1 Å². The molecule has 0 spiro atoms. The average molecular weight is 491 g/mol. The maximum absolute atomic E-state index is 14.5. The predicted octanol–water partition coefficient (Wildman–Crippen LogP) is 4.43. The molecule has 1 N–H and O–H groups in total. The molecule has 0 aliphatic heterocycles. The molecule has 0 saturated heterocycles. The van der Waals surface area contributed by atoms with Gasteiger partial charge in [0.15, 0.2) is 5.78 Å². The van der Waals surface area contributed by atoms with Crippen molar-refractivity contribution >= 4 is 11.9 Å². The summed E-state index contributed by atoms with van der Waals surface area (Å²) in [7, 11) is 1.58. The normalized spacial score (nSPS) is 12.9. The van der Waals surface area contributed by atoms with Gasteiger partial charge in [0.2, 0.25) is 0 Å². The molecule has 0 bridgehead atoms. The molecule has 0 amide bonds. The second-order valence-electron chi connectivity index (χ2n) is 8.03. The summed E-state index contributed by atoms with van der Waals surface area (Å²) in [5.74, 6) is -0.796. The van der Waals surface area contributed by atoms with E-state index in [4.69, 9.17) is 9.47 Å². The summed E-state index contributed by atoms with van der Waals surface area (Å²) in [5.41, 5.74) is -0.727. The van der Waals surface area contributed by atoms with Crippen molar-refractivity contribution in [1.82, 2.24) is 14.8 Å². The first kappa shape index (κ1) is 24.7. The van der Waals surface area contributed by atoms with Crippen LogP contribution in [-0.2, 0) is 12.1 Å². The minimum absolute atomic E-state index is 0.144. The van der Waals surface area contributed by atoms with Gasteiger partial charge in [-0.15, -0.1) is 0 Å². The maximum atomic E-state index is 14.5. The van der Waals surface area contributed by atoms with Crippen molar-refractivity contribution in [2.45, 2.75) is 12.1 Å². The molecule has 36 heavy (non-hydrogen) atoms. The van der Waals surface area contributed by atoms with Crippen LogP contribution in [0.15, 0.2) is 85.5 Å². The van der Waals surface area contributed by atoms with E-state index in [2.05, 4.69) is 10.1 Å². The summed E-state index contributed by atoms with van der Waals surface area (Å²) in [5, 5.41) is 15.2. The molecule has 1 aromatic heterocycles. The Bertz CT molecular complexity index is 1340. The number of hydrogen-bond acceptors (Lipinski definition) is 6. The number of hydrogen-bond donors (Lipinski definition) is 1. The second-order valence-corrected chi connectivity index (χ2v) is 8.03. The van der Waals surface area contributed by atoms with Crippen LogP contribution in [0.25, 0.3) is 6.08 Å². The SMILES string of the molecule is COc1ccc(C=CC(=O)c2ccc(OCC(O)(Cn3cncn3)c3ccc(F)cc3F)cc2)cc1. The van der Waals surface area contributed by atoms with Gasteiger partial charge in [0, 0.05) is 17.2 Å². The molecule has 1 atom stereocenters. The van der Waals surface area contributed by atoms with Crippen LogP contribution < -0.4 is 9.47 Å². The highest BCUT2D eigenvalue weighted by Crippen LogP contribution is 2.28. The van der Waals surface area contributed by atoms with Gasteiger partial charge >= 0.3 is 0 Å². The van der Waals surface area contributed by atoms with E-state index in [9.17, 15) is 18.7 Å². The Balaban J connectivity index is 1.45. The quantitative estimate of drug-likeness (QED) is 0.261. The molecule has 9 heteroatoms. The number of benzene rings is 3. The largest absolute Gasteiger partial charge is 0.497 e. The molecule has 3 aromatic carbocycles. The summed E-state index contributed by atoms with van der Waals surface area (Å²) >= 11 is 0. The molecule has 184 valence electrons. The van der Waals surface area contributed by atoms with Crippen LogP contribution in [0.2, 0.25) is 0 Å². The first-order chi connectivity index (χ1) is 17.4. The number of carbonyl (C=O) groups excluding carboxylic acids is 1. The third-order valence-electron chi connectivity index (χ3n) is 5.48. The Labute approximate surface area is 206 Å². The Morgan fingerprint density at radius 3 is 2.42 bits per heavy atom. The smallest absolute Gasteiger partial charge is 0.185 e. The first-order valence-corrected chi connectivity index (χ1v) is 11.0. The number of aliphatic hydroxyl groups is 1. The molecule has 1 unspecified atom stereocenters. The number of rotatable bonds is 10. The molecule has 4 rings (SSSR count). The summed E-state index contributed by atoms with van der Waals surface area (Å²) in [6.45, 7) is -0.539. The topological polar surface area (TPSA) is 86.5 Å². The molecular weight excluding hydrogens is 468 g/mol. The zero-order valence-electron chi connectivity index (χ0n) is 19.3. The minimum Gasteiger partial charge on any atom is -0.497 e. The summed E-state index contributed by atoms with van der Waals surface area (Å²) < 4.78 is 40.1. The van der Waals surface area contributed by atoms with Crippen LogP contribution in [0.3, 0.4) is 0 Å². The highest BCUT2D eigenvalue weighted by molar-refractivity contribution is 6.06. The summed E-state index contributed by atoms with van der Waals surface area (Å²) in [6, 6.07) is 16.5. The summed E-state index contributed by atoms with van der Waals surface area (Å²) in [4.78, 5) is 16.3. The Morgan fingerprint density at radius 2 is 1.78 bits per heavy atom. The molecule has 0 aliphatic rings. The van der Waals surface area contributed by atoms with Gasteiger partial charge in [-0.25, -0.2) is 18.4 Å². The van der Waals surface area contributed by atoms with Crippen LogP contribution >= 0.6 is 0 Å². The van der Waals surface area contributed by atoms with Crippen molar-refractivity contribution in [3.63, 3.8) is 0 Å². The van der Waals surface area contributed by atoms with Crippen molar-refractivity contribution in [3.05, 3.63) is 114 Å². The fourth-order valence-electron chi connectivity index (χ4n) is 3.56. The third-order valence-corrected chi connectivity index (χ3v) is 5.48. The van der Waals surface area contributed by atoms with Gasteiger partial charge in [0.25, 0.3) is 0 Å². The highest BCUT2D eigenvalue weighted by Gasteiger charge is 2.34. The standard InChI is InChI=1S/C27H23F2N3O4/c1-35-22-8-2-19(3-9-22)4-13-26(33)20-5-10-23(11-6-20)36-16-27(34,15-32-18-30-17-31-32)24-12-7-21(28)14-25(24)29/h2-14,17-18,34H,15-16H2,1H3. The van der Waals surface area contributed by atoms with E-state index >= 15 is 0 Å². The van der Waals surface area contributed by atoms with Gasteiger partial charge in [-0.3, -0.25) is 4.79 Å². The lowest BCUT2D eigenvalue weighted by Crippen LogP contribution is -2.39. The molecule has 1 heterocycles. The summed E-state index contributed by atoms with van der Waals surface area (Å²) in [6.07, 6.45) is 5.81. The average Bonchev–Trinajstić information content (AvgIpc) is 3.39. The van der Waals surface area contributed by atoms with Crippen LogP contribution in [0.4, 0.5) is 8.78 Å². The number of carbonyl (C=O) groups is 1. The van der Waals surface area contributed by atoms with Crippen molar-refractivity contribution in [2.24, 2.45) is 0 Å². The third kappa shape index (κ3) is 6.00. The van der Waals surface area contributed by atoms with Crippen LogP contribution in [-0.4, -0.2) is 39.4 Å². The highest BCUT2D eigenvalue weighted by atomic mass is 19.1. The predicted molar refractivity (Wildman–Crippen MR) is 129 cm³/mol. The molecule has 0 aliphatic carbocycles. The number of nitrogens with zero attached hydrogens (tertiary/aromatic N) is 3. The molecule has 0 radical (unpaired) electrons. The van der Waals surface area contributed by atoms with E-state index in [1.54, 1.807) is 49.6 Å². The second kappa shape index (κ2) is 10.9. The van der Waals surface area contributed by atoms with E-state index in [1.165, 1.54) is 29.5 Å². The molecule has 0 saturated carbocycles. The van der Waals surface area contributed by atoms with Crippen molar-refractivity contribution in [2.75, 3.05) is 13.7 Å². The first-order valence-electron chi connectivity index (χ1n) is 11.0. The zero-order chi connectivity index (χ0) is 25.5. The van der Waals surface area contributed by atoms with Gasteiger partial charge < -0.3 is 14.6 Å². The number of halogens is 2. The van der Waals surface area contributed by atoms with E-state index in [0.717, 1.165) is 17.4 Å². The van der Waals surface area contributed by atoms with Crippen LogP contribution in [0.1, 0.15) is 21.5 Å². The minimum atomic E-state index is -1.87. The lowest BCUT2D eigenvalue weighted by Gasteiger charge is -2.29. The number of aromatic nitrogens is 3. The Morgan fingerprint density at radius 1 is 1.06 bits per heavy atom. The molecule has 0 fully saturated rings. The van der Waals surface area contributed by atoms with Crippen LogP contribution in [0.5, 0.6) is 11.5 Å². The monoisotopic (exact) mass is 491 g/mol. The van der Waals surface area contributed by atoms with Crippen molar-refractivity contribution in [1.29, 1.82) is 0 Å². The van der Waals surface area contributed by atoms with Crippen molar-refractivity contribution in [3.8, 4) is 11.5 Å². The van der Waals surface area contributed by atoms with Gasteiger partial charge in [0.1, 0.15) is 48.0 Å². The van der Waals surface area contributed by atoms with Crippen LogP contribution in [0, 0.1) is 11.6 Å². The van der Waals surface area contributed by atoms with Gasteiger partial charge in [-0.1, -0.05) is 24.3 Å². The lowest BCUT2D eigenvalue weighted by atomic mass is 9.94. The Kier molecular flexibility index (Phi) is 7.50. The Hall–Kier alpha value is -4.37. The van der Waals surface area contributed by atoms with Gasteiger partial charge in [-0.2, -0.15) is 5.10 Å². The number of ether oxygens (including phenoxy) is 2. The molecular formula is C27H23F2N3O4. The number of allylic oxidation sites excluding steroid dienone is 1. The van der Waals surface area contributed by atoms with Gasteiger partial charge in [-0.05, 0) is 54.1 Å². The van der Waals surface area contributed by atoms with E-state index in [-0.39, 0.29) is 24.5 Å². The number of ketones is 1. The van der Waals surface area contributed by atoms with E-state index < -0.39 is 17.2 Å². The van der Waals surface area contributed by atoms with Crippen molar-refractivity contribution < 1.29 is 28.2 Å². The molecule has 7 nitrogen and oxygen atoms in total. The lowest BCUT2D eigenvalue weighted by molar-refractivity contribution is -0.0297. The zero-order valence-corrected chi connectivity index (χ0v) is 19.3.